The highest BCUT2D eigenvalue weighted by atomic mass is 16.6. The fourth-order valence-corrected chi connectivity index (χ4v) is 2.90. The Kier molecular flexibility index (Phi) is 5.78. The highest BCUT2D eigenvalue weighted by molar-refractivity contribution is 5.94. The summed E-state index contributed by atoms with van der Waals surface area (Å²) >= 11 is 0. The van der Waals surface area contributed by atoms with Gasteiger partial charge in [-0.3, -0.25) is 4.79 Å². The van der Waals surface area contributed by atoms with E-state index in [4.69, 9.17) is 9.37 Å². The molecular formula is C22H25N3O3. The van der Waals surface area contributed by atoms with Gasteiger partial charge in [-0.25, -0.2) is 4.63 Å². The van der Waals surface area contributed by atoms with Crippen LogP contribution in [-0.2, 0) is 4.79 Å². The van der Waals surface area contributed by atoms with E-state index in [9.17, 15) is 4.79 Å². The molecule has 0 fully saturated rings. The average molecular weight is 379 g/mol. The molecule has 0 aliphatic rings. The van der Waals surface area contributed by atoms with Crippen molar-refractivity contribution in [3.63, 3.8) is 0 Å². The Morgan fingerprint density at radius 3 is 2.57 bits per heavy atom. The van der Waals surface area contributed by atoms with E-state index in [1.54, 1.807) is 0 Å². The van der Waals surface area contributed by atoms with Gasteiger partial charge in [0.1, 0.15) is 5.75 Å². The number of hydrogen-bond acceptors (Lipinski definition) is 5. The lowest BCUT2D eigenvalue weighted by Gasteiger charge is -2.14. The molecule has 1 heterocycles. The van der Waals surface area contributed by atoms with Crippen LogP contribution >= 0.6 is 0 Å². The summed E-state index contributed by atoms with van der Waals surface area (Å²) in [6, 6.07) is 11.9. The van der Waals surface area contributed by atoms with Crippen LogP contribution in [0.5, 0.6) is 5.75 Å². The van der Waals surface area contributed by atoms with Gasteiger partial charge in [0.15, 0.2) is 12.3 Å². The van der Waals surface area contributed by atoms with Crippen molar-refractivity contribution in [1.82, 2.24) is 10.3 Å². The molecule has 0 saturated heterocycles. The van der Waals surface area contributed by atoms with Crippen molar-refractivity contribution in [3.8, 4) is 17.0 Å². The molecule has 0 spiro atoms. The maximum Gasteiger partial charge on any atom is 0.263 e. The lowest BCUT2D eigenvalue weighted by Crippen LogP contribution is -2.21. The van der Waals surface area contributed by atoms with Gasteiger partial charge in [-0.2, -0.15) is 0 Å². The summed E-state index contributed by atoms with van der Waals surface area (Å²) in [4.78, 5) is 12.4. The molecule has 28 heavy (non-hydrogen) atoms. The van der Waals surface area contributed by atoms with Gasteiger partial charge < -0.3 is 10.1 Å². The molecule has 0 radical (unpaired) electrons. The fraction of sp³-hybridized carbons (Fsp3) is 0.318. The summed E-state index contributed by atoms with van der Waals surface area (Å²) in [5.41, 5.74) is 5.78. The predicted octanol–water partition coefficient (Wildman–Crippen LogP) is 4.80. The molecule has 3 rings (SSSR count). The molecule has 146 valence electrons. The second-order valence-electron chi connectivity index (χ2n) is 7.29. The number of carbonyl (C=O) groups excluding carboxylic acids is 1. The van der Waals surface area contributed by atoms with Crippen LogP contribution < -0.4 is 10.1 Å². The Morgan fingerprint density at radius 1 is 1.07 bits per heavy atom. The minimum Gasteiger partial charge on any atom is -0.483 e. The van der Waals surface area contributed by atoms with E-state index >= 15 is 0 Å². The zero-order valence-corrected chi connectivity index (χ0v) is 16.9. The van der Waals surface area contributed by atoms with Gasteiger partial charge in [0.05, 0.1) is 0 Å². The number of anilines is 1. The molecule has 1 N–H and O–H groups in total. The van der Waals surface area contributed by atoms with Crippen LogP contribution in [0.1, 0.15) is 42.0 Å². The third kappa shape index (κ3) is 4.39. The third-order valence-corrected chi connectivity index (χ3v) is 4.68. The lowest BCUT2D eigenvalue weighted by molar-refractivity contribution is -0.118. The topological polar surface area (TPSA) is 77.2 Å². The molecule has 3 aromatic rings. The molecule has 0 aliphatic carbocycles. The smallest absolute Gasteiger partial charge is 0.263 e. The van der Waals surface area contributed by atoms with E-state index in [1.807, 2.05) is 57.2 Å². The first kappa shape index (κ1) is 19.6. The van der Waals surface area contributed by atoms with Gasteiger partial charge in [0.2, 0.25) is 5.82 Å². The van der Waals surface area contributed by atoms with E-state index in [2.05, 4.69) is 29.5 Å². The number of aromatic nitrogens is 2. The van der Waals surface area contributed by atoms with E-state index in [-0.39, 0.29) is 18.3 Å². The minimum absolute atomic E-state index is 0.123. The van der Waals surface area contributed by atoms with Crippen molar-refractivity contribution in [2.75, 3.05) is 11.9 Å². The first-order chi connectivity index (χ1) is 13.3. The van der Waals surface area contributed by atoms with Crippen LogP contribution in [0.3, 0.4) is 0 Å². The van der Waals surface area contributed by atoms with E-state index in [1.165, 1.54) is 5.56 Å². The summed E-state index contributed by atoms with van der Waals surface area (Å²) < 4.78 is 10.6. The number of carbonyl (C=O) groups is 1. The van der Waals surface area contributed by atoms with Gasteiger partial charge in [0.25, 0.3) is 5.91 Å². The summed E-state index contributed by atoms with van der Waals surface area (Å²) in [6.07, 6.45) is 0. The van der Waals surface area contributed by atoms with Crippen molar-refractivity contribution in [2.24, 2.45) is 0 Å². The van der Waals surface area contributed by atoms with Crippen LogP contribution in [0, 0.1) is 20.8 Å². The van der Waals surface area contributed by atoms with Gasteiger partial charge in [-0.05, 0) is 71.4 Å². The Balaban J connectivity index is 1.71. The summed E-state index contributed by atoms with van der Waals surface area (Å²) in [6.45, 7) is 10.1. The van der Waals surface area contributed by atoms with Crippen LogP contribution in [0.25, 0.3) is 11.3 Å². The summed E-state index contributed by atoms with van der Waals surface area (Å²) in [5, 5.41) is 10.5. The summed E-state index contributed by atoms with van der Waals surface area (Å²) in [5.74, 6) is 0.981. The predicted molar refractivity (Wildman–Crippen MR) is 109 cm³/mol. The average Bonchev–Trinajstić information content (AvgIpc) is 3.10. The number of nitrogens with zero attached hydrogens (tertiary/aromatic N) is 2. The molecule has 0 atom stereocenters. The lowest BCUT2D eigenvalue weighted by atomic mass is 10.0. The van der Waals surface area contributed by atoms with Gasteiger partial charge >= 0.3 is 0 Å². The summed E-state index contributed by atoms with van der Waals surface area (Å²) in [7, 11) is 0. The van der Waals surface area contributed by atoms with Crippen molar-refractivity contribution in [1.29, 1.82) is 0 Å². The zero-order valence-electron chi connectivity index (χ0n) is 16.9. The second kappa shape index (κ2) is 8.25. The van der Waals surface area contributed by atoms with Crippen LogP contribution in [0.15, 0.2) is 41.0 Å². The van der Waals surface area contributed by atoms with Gasteiger partial charge in [0, 0.05) is 5.56 Å². The van der Waals surface area contributed by atoms with Crippen molar-refractivity contribution < 1.29 is 14.2 Å². The number of benzene rings is 2. The zero-order chi connectivity index (χ0) is 20.3. The molecule has 0 bridgehead atoms. The first-order valence-electron chi connectivity index (χ1n) is 9.28. The van der Waals surface area contributed by atoms with Gasteiger partial charge in [-0.15, -0.1) is 0 Å². The van der Waals surface area contributed by atoms with Gasteiger partial charge in [-0.1, -0.05) is 38.1 Å². The van der Waals surface area contributed by atoms with Crippen molar-refractivity contribution in [3.05, 3.63) is 58.7 Å². The number of amides is 1. The molecule has 0 saturated carbocycles. The fourth-order valence-electron chi connectivity index (χ4n) is 2.90. The third-order valence-electron chi connectivity index (χ3n) is 4.68. The number of aryl methyl sites for hydroxylation is 3. The normalized spacial score (nSPS) is 10.9. The van der Waals surface area contributed by atoms with Crippen LogP contribution in [0.4, 0.5) is 5.82 Å². The standard InChI is InChI=1S/C22H25N3O3/c1-13(2)18-9-6-14(3)10-19(18)27-12-20(26)23-22-21(24-28-25-22)17-8-7-15(4)16(5)11-17/h6-11,13H,12H2,1-5H3,(H,23,25,26). The SMILES string of the molecule is Cc1ccc(C(C)C)c(OCC(=O)Nc2nonc2-c2ccc(C)c(C)c2)c1. The van der Waals surface area contributed by atoms with Crippen molar-refractivity contribution in [2.45, 2.75) is 40.5 Å². The Labute approximate surface area is 164 Å². The Morgan fingerprint density at radius 2 is 1.86 bits per heavy atom. The number of ether oxygens (including phenoxy) is 1. The van der Waals surface area contributed by atoms with E-state index in [0.29, 0.717) is 11.6 Å². The largest absolute Gasteiger partial charge is 0.483 e. The Hall–Kier alpha value is -3.15. The number of hydrogen-bond donors (Lipinski definition) is 1. The quantitative estimate of drug-likeness (QED) is 0.665. The maximum atomic E-state index is 12.4. The van der Waals surface area contributed by atoms with E-state index in [0.717, 1.165) is 28.0 Å². The Bertz CT molecular complexity index is 992. The van der Waals surface area contributed by atoms with Crippen LogP contribution in [0.2, 0.25) is 0 Å². The van der Waals surface area contributed by atoms with Crippen molar-refractivity contribution >= 4 is 11.7 Å². The molecule has 0 unspecified atom stereocenters. The maximum absolute atomic E-state index is 12.4. The van der Waals surface area contributed by atoms with Crippen LogP contribution in [-0.4, -0.2) is 22.8 Å². The van der Waals surface area contributed by atoms with E-state index < -0.39 is 0 Å². The number of rotatable bonds is 6. The minimum atomic E-state index is -0.322. The molecule has 6 nitrogen and oxygen atoms in total. The highest BCUT2D eigenvalue weighted by Crippen LogP contribution is 2.28. The number of nitrogens with one attached hydrogen (secondary N) is 1. The molecule has 6 heteroatoms. The molecular weight excluding hydrogens is 354 g/mol. The molecule has 0 aliphatic heterocycles. The monoisotopic (exact) mass is 379 g/mol. The molecule has 1 amide bonds. The molecule has 1 aromatic heterocycles. The highest BCUT2D eigenvalue weighted by Gasteiger charge is 2.17. The first-order valence-corrected chi connectivity index (χ1v) is 9.28. The molecule has 2 aromatic carbocycles. The second-order valence-corrected chi connectivity index (χ2v) is 7.29.